The summed E-state index contributed by atoms with van der Waals surface area (Å²) in [5.41, 5.74) is 0. The summed E-state index contributed by atoms with van der Waals surface area (Å²) in [4.78, 5) is 73.4. The number of hydrogen-bond acceptors (Lipinski definition) is 15. The maximum atomic E-state index is 13.2. The first kappa shape index (κ1) is 106. The number of aliphatic hydroxyl groups is 1. The van der Waals surface area contributed by atoms with Crippen molar-refractivity contribution in [2.45, 2.75) is 502 Å². The van der Waals surface area contributed by atoms with Crippen LogP contribution >= 0.6 is 15.6 Å². The molecular weight excluding hydrogens is 1400 g/mol. The molecule has 642 valence electrons. The minimum absolute atomic E-state index is 0.107. The van der Waals surface area contributed by atoms with Gasteiger partial charge in [-0.2, -0.15) is 0 Å². The Labute approximate surface area is 664 Å². The molecule has 0 rings (SSSR count). The van der Waals surface area contributed by atoms with Crippen LogP contribution in [0, 0.1) is 5.92 Å². The van der Waals surface area contributed by atoms with Crippen LogP contribution in [0.15, 0.2) is 0 Å². The number of unbranched alkanes of at least 4 members (excludes halogenated alkanes) is 60. The standard InChI is InChI=1S/C89H174O17P2/c1-6-10-13-16-19-22-25-28-30-32-34-35-36-38-40-42-45-48-54-59-64-69-74-88(93)105-84(78-100-87(92)73-68-63-58-53-47-44-41-39-37-33-31-29-26-23-20-17-14-11-7-2)80-103-107(95,96)101-76-83(90)77-102-108(97,98)104-81-85(79-99-86(91)72-67-62-57-52-46-43-27-24-21-18-15-12-8-3)106-89(94)75-70-65-60-55-50-49-51-56-61-66-71-82(5)9-4/h82-85,90H,6-81H2,1-5H3,(H,95,96)(H,97,98)/t82?,83-,84-,85-/m1/s1. The van der Waals surface area contributed by atoms with Crippen molar-refractivity contribution < 1.29 is 80.2 Å². The Hall–Kier alpha value is -1.94. The van der Waals surface area contributed by atoms with Gasteiger partial charge in [-0.15, -0.1) is 0 Å². The first-order valence-corrected chi connectivity index (χ1v) is 49.2. The summed E-state index contributed by atoms with van der Waals surface area (Å²) in [7, 11) is -9.93. The lowest BCUT2D eigenvalue weighted by Gasteiger charge is -2.21. The van der Waals surface area contributed by atoms with Gasteiger partial charge in [0.1, 0.15) is 19.3 Å². The number of aliphatic hydroxyl groups excluding tert-OH is 1. The summed E-state index contributed by atoms with van der Waals surface area (Å²) in [6.07, 6.45) is 76.4. The van der Waals surface area contributed by atoms with Crippen molar-refractivity contribution >= 4 is 39.5 Å². The topological polar surface area (TPSA) is 237 Å². The van der Waals surface area contributed by atoms with Crippen molar-refractivity contribution in [3.8, 4) is 0 Å². The third kappa shape index (κ3) is 80.7. The smallest absolute Gasteiger partial charge is 0.462 e. The van der Waals surface area contributed by atoms with E-state index in [0.717, 1.165) is 95.8 Å². The van der Waals surface area contributed by atoms with Crippen molar-refractivity contribution in [2.24, 2.45) is 5.92 Å². The molecule has 19 heteroatoms. The lowest BCUT2D eigenvalue weighted by molar-refractivity contribution is -0.161. The highest BCUT2D eigenvalue weighted by molar-refractivity contribution is 7.47. The van der Waals surface area contributed by atoms with Gasteiger partial charge < -0.3 is 33.8 Å². The predicted molar refractivity (Wildman–Crippen MR) is 446 cm³/mol. The molecule has 0 saturated heterocycles. The Morgan fingerprint density at radius 3 is 0.657 bits per heavy atom. The number of rotatable bonds is 89. The Balaban J connectivity index is 5.24. The van der Waals surface area contributed by atoms with E-state index < -0.39 is 97.5 Å². The molecule has 0 bridgehead atoms. The molecule has 3 N–H and O–H groups in total. The summed E-state index contributed by atoms with van der Waals surface area (Å²) < 4.78 is 69.0. The molecule has 0 fully saturated rings. The summed E-state index contributed by atoms with van der Waals surface area (Å²) >= 11 is 0. The van der Waals surface area contributed by atoms with Crippen molar-refractivity contribution in [3.05, 3.63) is 0 Å². The quantitative estimate of drug-likeness (QED) is 0.0222. The minimum atomic E-state index is -4.97. The Morgan fingerprint density at radius 1 is 0.259 bits per heavy atom. The number of esters is 4. The molecule has 0 saturated carbocycles. The van der Waals surface area contributed by atoms with E-state index in [1.54, 1.807) is 0 Å². The van der Waals surface area contributed by atoms with Crippen LogP contribution < -0.4 is 0 Å². The van der Waals surface area contributed by atoms with Gasteiger partial charge in [0.15, 0.2) is 12.2 Å². The van der Waals surface area contributed by atoms with E-state index in [-0.39, 0.29) is 25.7 Å². The van der Waals surface area contributed by atoms with Gasteiger partial charge in [-0.3, -0.25) is 37.3 Å². The van der Waals surface area contributed by atoms with E-state index in [0.29, 0.717) is 25.7 Å². The number of phosphoric acid groups is 2. The fourth-order valence-corrected chi connectivity index (χ4v) is 15.5. The number of carbonyl (C=O) groups excluding carboxylic acids is 4. The molecule has 108 heavy (non-hydrogen) atoms. The first-order chi connectivity index (χ1) is 52.6. The normalized spacial score (nSPS) is 14.0. The zero-order valence-corrected chi connectivity index (χ0v) is 72.8. The second-order valence-corrected chi connectivity index (χ2v) is 35.1. The Kier molecular flexibility index (Phi) is 80.2. The van der Waals surface area contributed by atoms with Crippen LogP contribution in [-0.2, 0) is 65.4 Å². The Bertz CT molecular complexity index is 2050. The van der Waals surface area contributed by atoms with Crippen LogP contribution in [0.2, 0.25) is 0 Å². The first-order valence-electron chi connectivity index (χ1n) is 46.2. The van der Waals surface area contributed by atoms with Gasteiger partial charge in [0.05, 0.1) is 26.4 Å². The zero-order chi connectivity index (χ0) is 79.0. The van der Waals surface area contributed by atoms with Gasteiger partial charge in [-0.1, -0.05) is 433 Å². The zero-order valence-electron chi connectivity index (χ0n) is 71.0. The van der Waals surface area contributed by atoms with Crippen LogP contribution in [0.3, 0.4) is 0 Å². The van der Waals surface area contributed by atoms with Gasteiger partial charge in [-0.05, 0) is 31.6 Å². The molecule has 17 nitrogen and oxygen atoms in total. The van der Waals surface area contributed by atoms with Gasteiger partial charge >= 0.3 is 39.5 Å². The molecule has 0 spiro atoms. The van der Waals surface area contributed by atoms with Crippen LogP contribution in [0.4, 0.5) is 0 Å². The lowest BCUT2D eigenvalue weighted by Crippen LogP contribution is -2.30. The third-order valence-electron chi connectivity index (χ3n) is 21.4. The maximum Gasteiger partial charge on any atom is 0.472 e. The molecule has 0 aromatic rings. The highest BCUT2D eigenvalue weighted by Gasteiger charge is 2.31. The highest BCUT2D eigenvalue weighted by atomic mass is 31.2. The summed E-state index contributed by atoms with van der Waals surface area (Å²) in [6, 6.07) is 0. The second-order valence-electron chi connectivity index (χ2n) is 32.2. The monoisotopic (exact) mass is 1580 g/mol. The molecule has 6 atom stereocenters. The van der Waals surface area contributed by atoms with Gasteiger partial charge in [0, 0.05) is 25.7 Å². The van der Waals surface area contributed by atoms with Crippen molar-refractivity contribution in [1.29, 1.82) is 0 Å². The summed E-state index contributed by atoms with van der Waals surface area (Å²) in [6.45, 7) is 7.41. The summed E-state index contributed by atoms with van der Waals surface area (Å²) in [5, 5.41) is 10.7. The molecule has 0 aliphatic carbocycles. The van der Waals surface area contributed by atoms with Crippen LogP contribution in [0.1, 0.15) is 484 Å². The number of ether oxygens (including phenoxy) is 4. The fourth-order valence-electron chi connectivity index (χ4n) is 14.0. The molecule has 0 amide bonds. The average Bonchev–Trinajstić information content (AvgIpc) is 0.902. The highest BCUT2D eigenvalue weighted by Crippen LogP contribution is 2.45. The second kappa shape index (κ2) is 81.6. The van der Waals surface area contributed by atoms with E-state index >= 15 is 0 Å². The van der Waals surface area contributed by atoms with Gasteiger partial charge in [-0.25, -0.2) is 9.13 Å². The Morgan fingerprint density at radius 2 is 0.444 bits per heavy atom. The van der Waals surface area contributed by atoms with Gasteiger partial charge in [0.25, 0.3) is 0 Å². The van der Waals surface area contributed by atoms with E-state index in [9.17, 15) is 43.2 Å². The molecular formula is C89H174O17P2. The number of phosphoric ester groups is 2. The van der Waals surface area contributed by atoms with Crippen LogP contribution in [0.5, 0.6) is 0 Å². The molecule has 0 aliphatic rings. The van der Waals surface area contributed by atoms with E-state index in [1.807, 2.05) is 0 Å². The van der Waals surface area contributed by atoms with Crippen molar-refractivity contribution in [3.63, 3.8) is 0 Å². The van der Waals surface area contributed by atoms with Crippen LogP contribution in [-0.4, -0.2) is 96.7 Å². The maximum absolute atomic E-state index is 13.2. The molecule has 0 aliphatic heterocycles. The van der Waals surface area contributed by atoms with Crippen LogP contribution in [0.25, 0.3) is 0 Å². The van der Waals surface area contributed by atoms with E-state index in [4.69, 9.17) is 37.0 Å². The third-order valence-corrected chi connectivity index (χ3v) is 23.3. The molecule has 0 aromatic carbocycles. The molecule has 0 radical (unpaired) electrons. The average molecular weight is 1580 g/mol. The SMILES string of the molecule is CCCCCCCCCCCCCCCCCCCCCCCCC(=O)O[C@H](COC(=O)CCCCCCCCCCCCCCCCCCCCC)COP(=O)(O)OC[C@@H](O)COP(=O)(O)OC[C@@H](COC(=O)CCCCCCCCCCCCCCC)OC(=O)CCCCCCCCCCCCC(C)CC. The number of hydrogen-bond donors (Lipinski definition) is 3. The predicted octanol–water partition coefficient (Wildman–Crippen LogP) is 27.5. The lowest BCUT2D eigenvalue weighted by atomic mass is 9.99. The summed E-state index contributed by atoms with van der Waals surface area (Å²) in [5.74, 6) is -1.29. The minimum Gasteiger partial charge on any atom is -0.462 e. The molecule has 3 unspecified atom stereocenters. The van der Waals surface area contributed by atoms with Crippen molar-refractivity contribution in [1.82, 2.24) is 0 Å². The van der Waals surface area contributed by atoms with E-state index in [2.05, 4.69) is 34.6 Å². The molecule has 0 heterocycles. The van der Waals surface area contributed by atoms with Gasteiger partial charge in [0.2, 0.25) is 0 Å². The largest absolute Gasteiger partial charge is 0.472 e. The molecule has 0 aromatic heterocycles. The van der Waals surface area contributed by atoms with Crippen molar-refractivity contribution in [2.75, 3.05) is 39.6 Å². The van der Waals surface area contributed by atoms with E-state index in [1.165, 1.54) is 308 Å². The fraction of sp³-hybridized carbons (Fsp3) is 0.955. The number of carbonyl (C=O) groups is 4.